The van der Waals surface area contributed by atoms with Gasteiger partial charge >= 0.3 is 0 Å². The van der Waals surface area contributed by atoms with Gasteiger partial charge in [-0.1, -0.05) is 6.07 Å². The number of amides is 1. The van der Waals surface area contributed by atoms with Gasteiger partial charge in [-0.15, -0.1) is 0 Å². The number of sulfonamides is 1. The SMILES string of the molecule is COc1ccc(OC)c(N(CC(=O)N[C@@H](C)c2ccc3c(c2)OCCO3)S(C)(=O)=O)c1. The highest BCUT2D eigenvalue weighted by Gasteiger charge is 2.25. The highest BCUT2D eigenvalue weighted by Crippen LogP contribution is 2.34. The van der Waals surface area contributed by atoms with Crippen LogP contribution in [0.1, 0.15) is 18.5 Å². The van der Waals surface area contributed by atoms with Gasteiger partial charge in [0.25, 0.3) is 0 Å². The van der Waals surface area contributed by atoms with Crippen LogP contribution in [0.25, 0.3) is 0 Å². The molecule has 31 heavy (non-hydrogen) atoms. The number of nitrogens with zero attached hydrogens (tertiary/aromatic N) is 1. The van der Waals surface area contributed by atoms with Gasteiger partial charge < -0.3 is 24.3 Å². The third-order valence-corrected chi connectivity index (χ3v) is 5.91. The number of fused-ring (bicyclic) bond motifs is 1. The van der Waals surface area contributed by atoms with Crippen LogP contribution in [0.5, 0.6) is 23.0 Å². The molecule has 0 saturated carbocycles. The molecule has 0 aliphatic carbocycles. The van der Waals surface area contributed by atoms with E-state index in [2.05, 4.69) is 5.32 Å². The van der Waals surface area contributed by atoms with Crippen LogP contribution in [0.2, 0.25) is 0 Å². The van der Waals surface area contributed by atoms with E-state index in [0.717, 1.165) is 16.1 Å². The molecule has 2 aromatic rings. The first-order chi connectivity index (χ1) is 14.7. The first-order valence-electron chi connectivity index (χ1n) is 9.61. The predicted molar refractivity (Wildman–Crippen MR) is 116 cm³/mol. The second-order valence-corrected chi connectivity index (χ2v) is 8.91. The van der Waals surface area contributed by atoms with E-state index in [1.807, 2.05) is 6.07 Å². The number of hydrogen-bond donors (Lipinski definition) is 1. The summed E-state index contributed by atoms with van der Waals surface area (Å²) in [6, 6.07) is 9.79. The van der Waals surface area contributed by atoms with Gasteiger partial charge in [-0.25, -0.2) is 8.42 Å². The number of nitrogens with one attached hydrogen (secondary N) is 1. The van der Waals surface area contributed by atoms with Crippen LogP contribution in [0.4, 0.5) is 5.69 Å². The van der Waals surface area contributed by atoms with Crippen molar-refractivity contribution in [1.29, 1.82) is 0 Å². The first kappa shape index (κ1) is 22.5. The summed E-state index contributed by atoms with van der Waals surface area (Å²) in [5.41, 5.74) is 1.02. The molecule has 168 valence electrons. The van der Waals surface area contributed by atoms with Crippen molar-refractivity contribution in [2.75, 3.05) is 44.5 Å². The summed E-state index contributed by atoms with van der Waals surface area (Å²) in [5.74, 6) is 1.54. The molecular weight excluding hydrogens is 424 g/mol. The summed E-state index contributed by atoms with van der Waals surface area (Å²) in [4.78, 5) is 12.8. The quantitative estimate of drug-likeness (QED) is 0.657. The van der Waals surface area contributed by atoms with Crippen LogP contribution in [0.15, 0.2) is 36.4 Å². The van der Waals surface area contributed by atoms with Gasteiger partial charge in [-0.05, 0) is 36.8 Å². The van der Waals surface area contributed by atoms with E-state index in [0.29, 0.717) is 36.2 Å². The Hall–Kier alpha value is -3.14. The Kier molecular flexibility index (Phi) is 6.79. The Labute approximate surface area is 181 Å². The van der Waals surface area contributed by atoms with E-state index >= 15 is 0 Å². The zero-order valence-corrected chi connectivity index (χ0v) is 18.7. The number of anilines is 1. The molecule has 3 rings (SSSR count). The standard InChI is InChI=1S/C21H26N2O7S/c1-14(15-5-7-19-20(11-15)30-10-9-29-19)22-21(24)13-23(31(4,25)26)17-12-16(27-2)6-8-18(17)28-3/h5-8,11-12,14H,9-10,13H2,1-4H3,(H,22,24)/t14-/m0/s1. The molecule has 0 bridgehead atoms. The fourth-order valence-electron chi connectivity index (χ4n) is 3.20. The third-order valence-electron chi connectivity index (χ3n) is 4.79. The predicted octanol–water partition coefficient (Wildman–Crippen LogP) is 2.12. The number of ether oxygens (including phenoxy) is 4. The number of hydrogen-bond acceptors (Lipinski definition) is 7. The zero-order chi connectivity index (χ0) is 22.6. The summed E-state index contributed by atoms with van der Waals surface area (Å²) in [6.07, 6.45) is 1.03. The minimum atomic E-state index is -3.78. The zero-order valence-electron chi connectivity index (χ0n) is 17.9. The van der Waals surface area contributed by atoms with E-state index in [-0.39, 0.29) is 11.7 Å². The molecular formula is C21H26N2O7S. The normalized spacial score (nSPS) is 13.8. The van der Waals surface area contributed by atoms with Gasteiger partial charge in [0.05, 0.1) is 32.2 Å². The molecule has 0 fully saturated rings. The molecule has 9 nitrogen and oxygen atoms in total. The molecule has 0 radical (unpaired) electrons. The molecule has 1 heterocycles. The average molecular weight is 451 g/mol. The van der Waals surface area contributed by atoms with Crippen LogP contribution >= 0.6 is 0 Å². The molecule has 1 amide bonds. The maximum atomic E-state index is 12.8. The van der Waals surface area contributed by atoms with Crippen molar-refractivity contribution in [3.8, 4) is 23.0 Å². The Morgan fingerprint density at radius 3 is 2.45 bits per heavy atom. The number of rotatable bonds is 8. The topological polar surface area (TPSA) is 103 Å². The molecule has 2 aromatic carbocycles. The maximum Gasteiger partial charge on any atom is 0.241 e. The van der Waals surface area contributed by atoms with Gasteiger partial charge in [0, 0.05) is 6.07 Å². The van der Waals surface area contributed by atoms with Crippen molar-refractivity contribution in [3.05, 3.63) is 42.0 Å². The first-order valence-corrected chi connectivity index (χ1v) is 11.5. The Balaban J connectivity index is 1.79. The summed E-state index contributed by atoms with van der Waals surface area (Å²) < 4.78 is 47.5. The second kappa shape index (κ2) is 9.34. The fourth-order valence-corrected chi connectivity index (χ4v) is 4.05. The number of benzene rings is 2. The lowest BCUT2D eigenvalue weighted by Gasteiger charge is -2.25. The summed E-state index contributed by atoms with van der Waals surface area (Å²) in [6.45, 7) is 2.34. The van der Waals surface area contributed by atoms with Gasteiger partial charge in [0.15, 0.2) is 11.5 Å². The van der Waals surface area contributed by atoms with Crippen LogP contribution in [-0.4, -0.2) is 54.6 Å². The molecule has 0 spiro atoms. The van der Waals surface area contributed by atoms with E-state index < -0.39 is 22.5 Å². The Bertz CT molecular complexity index is 1060. The largest absolute Gasteiger partial charge is 0.497 e. The fraction of sp³-hybridized carbons (Fsp3) is 0.381. The summed E-state index contributed by atoms with van der Waals surface area (Å²) >= 11 is 0. The van der Waals surface area contributed by atoms with E-state index in [1.54, 1.807) is 31.2 Å². The van der Waals surface area contributed by atoms with E-state index in [4.69, 9.17) is 18.9 Å². The van der Waals surface area contributed by atoms with Gasteiger partial charge in [-0.2, -0.15) is 0 Å². The molecule has 1 atom stereocenters. The van der Waals surface area contributed by atoms with Gasteiger partial charge in [-0.3, -0.25) is 9.10 Å². The minimum Gasteiger partial charge on any atom is -0.497 e. The molecule has 1 aliphatic rings. The number of carbonyl (C=O) groups is 1. The van der Waals surface area contributed by atoms with Crippen LogP contribution < -0.4 is 28.6 Å². The number of carbonyl (C=O) groups excluding carboxylic acids is 1. The highest BCUT2D eigenvalue weighted by atomic mass is 32.2. The monoisotopic (exact) mass is 450 g/mol. The van der Waals surface area contributed by atoms with Crippen molar-refractivity contribution >= 4 is 21.6 Å². The van der Waals surface area contributed by atoms with Crippen LogP contribution in [-0.2, 0) is 14.8 Å². The van der Waals surface area contributed by atoms with Crippen molar-refractivity contribution in [3.63, 3.8) is 0 Å². The lowest BCUT2D eigenvalue weighted by molar-refractivity contribution is -0.120. The molecule has 1 N–H and O–H groups in total. The van der Waals surface area contributed by atoms with Crippen molar-refractivity contribution < 1.29 is 32.2 Å². The van der Waals surface area contributed by atoms with Crippen LogP contribution in [0.3, 0.4) is 0 Å². The molecule has 1 aliphatic heterocycles. The second-order valence-electron chi connectivity index (χ2n) is 7.00. The number of methoxy groups -OCH3 is 2. The van der Waals surface area contributed by atoms with Crippen molar-refractivity contribution in [2.45, 2.75) is 13.0 Å². The smallest absolute Gasteiger partial charge is 0.241 e. The molecule has 0 aromatic heterocycles. The van der Waals surface area contributed by atoms with Crippen LogP contribution in [0, 0.1) is 0 Å². The molecule has 10 heteroatoms. The summed E-state index contributed by atoms with van der Waals surface area (Å²) in [5, 5.41) is 2.83. The maximum absolute atomic E-state index is 12.8. The third kappa shape index (κ3) is 5.32. The Morgan fingerprint density at radius 2 is 1.81 bits per heavy atom. The lowest BCUT2D eigenvalue weighted by atomic mass is 10.1. The lowest BCUT2D eigenvalue weighted by Crippen LogP contribution is -2.41. The van der Waals surface area contributed by atoms with Gasteiger partial charge in [0.1, 0.15) is 31.3 Å². The van der Waals surface area contributed by atoms with Crippen molar-refractivity contribution in [2.24, 2.45) is 0 Å². The van der Waals surface area contributed by atoms with E-state index in [9.17, 15) is 13.2 Å². The molecule has 0 unspecified atom stereocenters. The summed E-state index contributed by atoms with van der Waals surface area (Å²) in [7, 11) is -0.886. The van der Waals surface area contributed by atoms with E-state index in [1.165, 1.54) is 20.3 Å². The highest BCUT2D eigenvalue weighted by molar-refractivity contribution is 7.92. The Morgan fingerprint density at radius 1 is 1.10 bits per heavy atom. The average Bonchev–Trinajstić information content (AvgIpc) is 2.75. The van der Waals surface area contributed by atoms with Gasteiger partial charge in [0.2, 0.25) is 15.9 Å². The minimum absolute atomic E-state index is 0.214. The van der Waals surface area contributed by atoms with Crippen molar-refractivity contribution in [1.82, 2.24) is 5.32 Å². The molecule has 0 saturated heterocycles.